The molecule has 0 radical (unpaired) electrons. The molecule has 0 saturated carbocycles. The SMILES string of the molecule is CC/C=C/C(=O)O[C@@H](C)C(=O)Nc1cccc(S(=O)(=O)N(C)C)c1. The monoisotopic (exact) mass is 354 g/mol. The Morgan fingerprint density at radius 1 is 1.33 bits per heavy atom. The number of anilines is 1. The Morgan fingerprint density at radius 3 is 2.58 bits per heavy atom. The van der Waals surface area contributed by atoms with Crippen LogP contribution in [-0.2, 0) is 24.3 Å². The second-order valence-corrected chi connectivity index (χ2v) is 7.35. The maximum atomic E-state index is 12.1. The van der Waals surface area contributed by atoms with Crippen LogP contribution >= 0.6 is 0 Å². The fraction of sp³-hybridized carbons (Fsp3) is 0.375. The van der Waals surface area contributed by atoms with Gasteiger partial charge in [-0.3, -0.25) is 4.79 Å². The minimum atomic E-state index is -3.60. The molecule has 0 aliphatic heterocycles. The van der Waals surface area contributed by atoms with Crippen LogP contribution in [0.3, 0.4) is 0 Å². The number of sulfonamides is 1. The number of rotatable bonds is 7. The van der Waals surface area contributed by atoms with Gasteiger partial charge in [0, 0.05) is 25.9 Å². The lowest BCUT2D eigenvalue weighted by Gasteiger charge is -2.14. The van der Waals surface area contributed by atoms with Gasteiger partial charge in [-0.05, 0) is 31.5 Å². The van der Waals surface area contributed by atoms with Crippen molar-refractivity contribution in [3.05, 3.63) is 36.4 Å². The highest BCUT2D eigenvalue weighted by molar-refractivity contribution is 7.89. The third-order valence-electron chi connectivity index (χ3n) is 3.03. The van der Waals surface area contributed by atoms with Crippen molar-refractivity contribution >= 4 is 27.6 Å². The highest BCUT2D eigenvalue weighted by Gasteiger charge is 2.20. The fourth-order valence-electron chi connectivity index (χ4n) is 1.67. The van der Waals surface area contributed by atoms with Crippen molar-refractivity contribution < 1.29 is 22.7 Å². The molecule has 7 nitrogen and oxygen atoms in total. The van der Waals surface area contributed by atoms with Crippen LogP contribution in [0.25, 0.3) is 0 Å². The van der Waals surface area contributed by atoms with Gasteiger partial charge >= 0.3 is 5.97 Å². The molecule has 0 saturated heterocycles. The third kappa shape index (κ3) is 5.47. The summed E-state index contributed by atoms with van der Waals surface area (Å²) in [5.41, 5.74) is 0.301. The first-order valence-electron chi connectivity index (χ1n) is 7.39. The van der Waals surface area contributed by atoms with Gasteiger partial charge in [-0.15, -0.1) is 0 Å². The first-order valence-corrected chi connectivity index (χ1v) is 8.83. The lowest BCUT2D eigenvalue weighted by atomic mass is 10.3. The average Bonchev–Trinajstić information content (AvgIpc) is 2.52. The number of carbonyl (C=O) groups excluding carboxylic acids is 2. The minimum absolute atomic E-state index is 0.0563. The number of hydrogen-bond acceptors (Lipinski definition) is 5. The van der Waals surface area contributed by atoms with Gasteiger partial charge in [-0.25, -0.2) is 17.5 Å². The van der Waals surface area contributed by atoms with Gasteiger partial charge in [-0.2, -0.15) is 0 Å². The van der Waals surface area contributed by atoms with Crippen molar-refractivity contribution in [1.82, 2.24) is 4.31 Å². The predicted octanol–water partition coefficient (Wildman–Crippen LogP) is 1.77. The van der Waals surface area contributed by atoms with Gasteiger partial charge in [0.05, 0.1) is 4.90 Å². The molecule has 8 heteroatoms. The zero-order chi connectivity index (χ0) is 18.3. The van der Waals surface area contributed by atoms with E-state index in [-0.39, 0.29) is 4.90 Å². The Morgan fingerprint density at radius 2 is 2.00 bits per heavy atom. The van der Waals surface area contributed by atoms with E-state index >= 15 is 0 Å². The lowest BCUT2D eigenvalue weighted by molar-refractivity contribution is -0.148. The topological polar surface area (TPSA) is 92.8 Å². The summed E-state index contributed by atoms with van der Waals surface area (Å²) in [6, 6.07) is 5.85. The molecule has 0 unspecified atom stereocenters. The van der Waals surface area contributed by atoms with E-state index < -0.39 is 28.0 Å². The summed E-state index contributed by atoms with van der Waals surface area (Å²) in [5, 5.41) is 2.53. The van der Waals surface area contributed by atoms with Gasteiger partial charge < -0.3 is 10.1 Å². The molecule has 0 aliphatic carbocycles. The summed E-state index contributed by atoms with van der Waals surface area (Å²) in [6.45, 7) is 3.31. The van der Waals surface area contributed by atoms with Crippen LogP contribution in [0, 0.1) is 0 Å². The molecular weight excluding hydrogens is 332 g/mol. The number of nitrogens with one attached hydrogen (secondary N) is 1. The van der Waals surface area contributed by atoms with Crippen molar-refractivity contribution in [2.45, 2.75) is 31.3 Å². The zero-order valence-corrected chi connectivity index (χ0v) is 15.0. The standard InChI is InChI=1S/C16H22N2O5S/c1-5-6-10-15(19)23-12(2)16(20)17-13-8-7-9-14(11-13)24(21,22)18(3)4/h6-12H,5H2,1-4H3,(H,17,20)/b10-6+/t12-/m0/s1. The molecular formula is C16H22N2O5S. The third-order valence-corrected chi connectivity index (χ3v) is 4.84. The Balaban J connectivity index is 2.81. The summed E-state index contributed by atoms with van der Waals surface area (Å²) in [4.78, 5) is 23.6. The molecule has 0 aliphatic rings. The molecule has 0 spiro atoms. The first-order chi connectivity index (χ1) is 11.2. The summed E-state index contributed by atoms with van der Waals surface area (Å²) in [5.74, 6) is -1.16. The largest absolute Gasteiger partial charge is 0.449 e. The Bertz CT molecular complexity index is 726. The van der Waals surface area contributed by atoms with E-state index in [2.05, 4.69) is 5.32 Å². The minimum Gasteiger partial charge on any atom is -0.449 e. The molecule has 1 rings (SSSR count). The number of hydrogen-bond donors (Lipinski definition) is 1. The second kappa shape index (κ2) is 8.60. The number of allylic oxidation sites excluding steroid dienone is 1. The van der Waals surface area contributed by atoms with Gasteiger partial charge in [0.15, 0.2) is 6.10 Å². The van der Waals surface area contributed by atoms with Crippen LogP contribution in [-0.4, -0.2) is 44.8 Å². The fourth-order valence-corrected chi connectivity index (χ4v) is 2.62. The van der Waals surface area contributed by atoms with Gasteiger partial charge in [0.2, 0.25) is 10.0 Å². The molecule has 0 fully saturated rings. The van der Waals surface area contributed by atoms with E-state index in [4.69, 9.17) is 4.74 Å². The zero-order valence-electron chi connectivity index (χ0n) is 14.1. The van der Waals surface area contributed by atoms with E-state index in [9.17, 15) is 18.0 Å². The number of carbonyl (C=O) groups is 2. The number of benzene rings is 1. The van der Waals surface area contributed by atoms with Crippen molar-refractivity contribution in [3.63, 3.8) is 0 Å². The highest BCUT2D eigenvalue weighted by Crippen LogP contribution is 2.18. The van der Waals surface area contributed by atoms with Crippen molar-refractivity contribution in [2.75, 3.05) is 19.4 Å². The molecule has 1 N–H and O–H groups in total. The average molecular weight is 354 g/mol. The van der Waals surface area contributed by atoms with Crippen LogP contribution in [0.15, 0.2) is 41.3 Å². The van der Waals surface area contributed by atoms with E-state index in [0.29, 0.717) is 12.1 Å². The Hall–Kier alpha value is -2.19. The lowest BCUT2D eigenvalue weighted by Crippen LogP contribution is -2.29. The predicted molar refractivity (Wildman–Crippen MR) is 90.9 cm³/mol. The molecule has 1 atom stereocenters. The van der Waals surface area contributed by atoms with E-state index in [1.54, 1.807) is 12.1 Å². The number of ether oxygens (including phenoxy) is 1. The maximum Gasteiger partial charge on any atom is 0.331 e. The van der Waals surface area contributed by atoms with E-state index in [0.717, 1.165) is 4.31 Å². The highest BCUT2D eigenvalue weighted by atomic mass is 32.2. The summed E-state index contributed by atoms with van der Waals surface area (Å²) in [6.07, 6.45) is 2.56. The van der Waals surface area contributed by atoms with Crippen molar-refractivity contribution in [2.24, 2.45) is 0 Å². The molecule has 0 aromatic heterocycles. The second-order valence-electron chi connectivity index (χ2n) is 5.19. The number of amides is 1. The van der Waals surface area contributed by atoms with Crippen LogP contribution in [0.1, 0.15) is 20.3 Å². The smallest absolute Gasteiger partial charge is 0.331 e. The summed E-state index contributed by atoms with van der Waals surface area (Å²) >= 11 is 0. The van der Waals surface area contributed by atoms with Crippen LogP contribution < -0.4 is 5.32 Å². The van der Waals surface area contributed by atoms with E-state index in [1.165, 1.54) is 45.3 Å². The Kier molecular flexibility index (Phi) is 7.12. The van der Waals surface area contributed by atoms with Crippen LogP contribution in [0.2, 0.25) is 0 Å². The molecule has 132 valence electrons. The summed E-state index contributed by atoms with van der Waals surface area (Å²) in [7, 11) is -0.752. The first kappa shape index (κ1) is 19.9. The number of nitrogens with zero attached hydrogens (tertiary/aromatic N) is 1. The molecule has 1 aromatic carbocycles. The molecule has 1 aromatic rings. The number of esters is 1. The van der Waals surface area contributed by atoms with Gasteiger partial charge in [-0.1, -0.05) is 19.1 Å². The van der Waals surface area contributed by atoms with Crippen molar-refractivity contribution in [3.8, 4) is 0 Å². The molecule has 1 amide bonds. The normalized spacial score (nSPS) is 13.0. The Labute approximate surface area is 142 Å². The van der Waals surface area contributed by atoms with E-state index in [1.807, 2.05) is 6.92 Å². The molecule has 0 heterocycles. The van der Waals surface area contributed by atoms with Crippen molar-refractivity contribution in [1.29, 1.82) is 0 Å². The van der Waals surface area contributed by atoms with Crippen LogP contribution in [0.5, 0.6) is 0 Å². The maximum absolute atomic E-state index is 12.1. The summed E-state index contributed by atoms with van der Waals surface area (Å²) < 4.78 is 30.2. The van der Waals surface area contributed by atoms with Gasteiger partial charge in [0.1, 0.15) is 0 Å². The van der Waals surface area contributed by atoms with Gasteiger partial charge in [0.25, 0.3) is 5.91 Å². The van der Waals surface area contributed by atoms with Crippen LogP contribution in [0.4, 0.5) is 5.69 Å². The molecule has 24 heavy (non-hydrogen) atoms. The quantitative estimate of drug-likeness (QED) is 0.595. The molecule has 0 bridgehead atoms.